The lowest BCUT2D eigenvalue weighted by Crippen LogP contribution is -2.03. The summed E-state index contributed by atoms with van der Waals surface area (Å²) in [5.74, 6) is 0.782. The molecule has 4 aromatic rings. The zero-order valence-electron chi connectivity index (χ0n) is 16.1. The van der Waals surface area contributed by atoms with Gasteiger partial charge in [0.2, 0.25) is 5.82 Å². The van der Waals surface area contributed by atoms with Crippen LogP contribution < -0.4 is 0 Å². The number of hydrogen-bond acceptors (Lipinski definition) is 7. The van der Waals surface area contributed by atoms with E-state index in [1.165, 1.54) is 16.9 Å². The molecule has 1 aromatic carbocycles. The number of carbonyl (C=O) groups is 1. The summed E-state index contributed by atoms with van der Waals surface area (Å²) in [6.45, 7) is 6.13. The second-order valence-electron chi connectivity index (χ2n) is 6.90. The first kappa shape index (κ1) is 18.4. The third-order valence-electron chi connectivity index (χ3n) is 4.53. The van der Waals surface area contributed by atoms with Crippen molar-refractivity contribution in [3.63, 3.8) is 0 Å². The van der Waals surface area contributed by atoms with Crippen LogP contribution in [0, 0.1) is 6.92 Å². The Hall–Kier alpha value is -3.00. The van der Waals surface area contributed by atoms with Gasteiger partial charge in [-0.25, -0.2) is 4.79 Å². The molecule has 0 fully saturated rings. The van der Waals surface area contributed by atoms with Gasteiger partial charge in [-0.3, -0.25) is 4.68 Å². The van der Waals surface area contributed by atoms with E-state index in [0.29, 0.717) is 16.6 Å². The Morgan fingerprint density at radius 3 is 2.71 bits per heavy atom. The molecule has 0 radical (unpaired) electrons. The van der Waals surface area contributed by atoms with E-state index in [9.17, 15) is 4.79 Å². The van der Waals surface area contributed by atoms with E-state index in [0.717, 1.165) is 21.5 Å². The van der Waals surface area contributed by atoms with Crippen molar-refractivity contribution in [1.29, 1.82) is 0 Å². The molecule has 3 aromatic heterocycles. The number of benzene rings is 1. The van der Waals surface area contributed by atoms with Gasteiger partial charge in [0.25, 0.3) is 5.89 Å². The fourth-order valence-corrected chi connectivity index (χ4v) is 3.97. The zero-order chi connectivity index (χ0) is 19.8. The summed E-state index contributed by atoms with van der Waals surface area (Å²) in [4.78, 5) is 18.1. The highest BCUT2D eigenvalue weighted by atomic mass is 32.1. The van der Waals surface area contributed by atoms with Crippen LogP contribution in [0.4, 0.5) is 0 Å². The fourth-order valence-electron chi connectivity index (χ4n) is 2.95. The van der Waals surface area contributed by atoms with Crippen LogP contribution in [0.15, 0.2) is 34.9 Å². The van der Waals surface area contributed by atoms with Crippen molar-refractivity contribution in [2.24, 2.45) is 7.05 Å². The highest BCUT2D eigenvalue weighted by Gasteiger charge is 2.18. The number of aryl methyl sites for hydroxylation is 2. The minimum atomic E-state index is -0.415. The van der Waals surface area contributed by atoms with Gasteiger partial charge in [-0.1, -0.05) is 43.3 Å². The number of hydrogen-bond donors (Lipinski definition) is 0. The summed E-state index contributed by atoms with van der Waals surface area (Å²) < 4.78 is 12.3. The van der Waals surface area contributed by atoms with Crippen molar-refractivity contribution in [2.45, 2.75) is 33.3 Å². The van der Waals surface area contributed by atoms with Crippen LogP contribution in [0.3, 0.4) is 0 Å². The SMILES string of the molecule is Cc1nn(C)c2sc(C(=O)OCc3nc(-c4ccc(C(C)C)cc4)no3)cc12. The quantitative estimate of drug-likeness (QED) is 0.463. The van der Waals surface area contributed by atoms with Gasteiger partial charge >= 0.3 is 5.97 Å². The number of thiophene rings is 1. The van der Waals surface area contributed by atoms with Crippen LogP contribution >= 0.6 is 11.3 Å². The number of fused-ring (bicyclic) bond motifs is 1. The van der Waals surface area contributed by atoms with Crippen molar-refractivity contribution >= 4 is 27.5 Å². The van der Waals surface area contributed by atoms with Crippen LogP contribution in [0.5, 0.6) is 0 Å². The number of aromatic nitrogens is 4. The summed E-state index contributed by atoms with van der Waals surface area (Å²) in [7, 11) is 1.86. The van der Waals surface area contributed by atoms with Gasteiger partial charge in [-0.2, -0.15) is 10.1 Å². The molecule has 0 amide bonds. The molecular weight excluding hydrogens is 376 g/mol. The lowest BCUT2D eigenvalue weighted by atomic mass is 10.0. The summed E-state index contributed by atoms with van der Waals surface area (Å²) >= 11 is 1.35. The lowest BCUT2D eigenvalue weighted by molar-refractivity contribution is 0.0435. The number of esters is 1. The molecule has 0 saturated carbocycles. The summed E-state index contributed by atoms with van der Waals surface area (Å²) in [6.07, 6.45) is 0. The van der Waals surface area contributed by atoms with Gasteiger partial charge in [0.1, 0.15) is 9.71 Å². The molecule has 28 heavy (non-hydrogen) atoms. The maximum atomic E-state index is 12.4. The molecule has 0 spiro atoms. The standard InChI is InChI=1S/C20H20N4O3S/c1-11(2)13-5-7-14(8-6-13)18-21-17(27-23-18)10-26-20(25)16-9-15-12(3)22-24(4)19(15)28-16/h5-9,11H,10H2,1-4H3. The second kappa shape index (κ2) is 7.20. The van der Waals surface area contributed by atoms with Crippen molar-refractivity contribution in [3.05, 3.63) is 52.4 Å². The molecule has 0 aliphatic carbocycles. The van der Waals surface area contributed by atoms with Gasteiger partial charge in [0.05, 0.1) is 5.69 Å². The first-order chi connectivity index (χ1) is 13.4. The maximum absolute atomic E-state index is 12.4. The topological polar surface area (TPSA) is 83.0 Å². The predicted octanol–water partition coefficient (Wildman–Crippen LogP) is 4.47. The van der Waals surface area contributed by atoms with Gasteiger partial charge in [0.15, 0.2) is 6.61 Å². The first-order valence-corrected chi connectivity index (χ1v) is 9.77. The molecule has 8 heteroatoms. The fraction of sp³-hybridized carbons (Fsp3) is 0.300. The Morgan fingerprint density at radius 2 is 2.04 bits per heavy atom. The minimum absolute atomic E-state index is 0.0681. The van der Waals surface area contributed by atoms with Crippen molar-refractivity contribution in [1.82, 2.24) is 19.9 Å². The van der Waals surface area contributed by atoms with Crippen LogP contribution in [-0.2, 0) is 18.4 Å². The zero-order valence-corrected chi connectivity index (χ0v) is 16.9. The summed E-state index contributed by atoms with van der Waals surface area (Å²) in [5.41, 5.74) is 2.99. The van der Waals surface area contributed by atoms with Gasteiger partial charge in [-0.05, 0) is 24.5 Å². The van der Waals surface area contributed by atoms with Crippen LogP contribution in [-0.4, -0.2) is 25.9 Å². The van der Waals surface area contributed by atoms with Crippen molar-refractivity contribution in [3.8, 4) is 11.4 Å². The third-order valence-corrected chi connectivity index (χ3v) is 5.71. The van der Waals surface area contributed by atoms with E-state index in [4.69, 9.17) is 9.26 Å². The van der Waals surface area contributed by atoms with E-state index >= 15 is 0 Å². The summed E-state index contributed by atoms with van der Waals surface area (Å²) in [5, 5.41) is 9.27. The molecule has 0 unspecified atom stereocenters. The largest absolute Gasteiger partial charge is 0.451 e. The van der Waals surface area contributed by atoms with E-state index in [1.54, 1.807) is 10.7 Å². The number of carbonyl (C=O) groups excluding carboxylic acids is 1. The Morgan fingerprint density at radius 1 is 1.29 bits per heavy atom. The molecule has 0 aliphatic rings. The van der Waals surface area contributed by atoms with E-state index in [1.807, 2.05) is 38.2 Å². The maximum Gasteiger partial charge on any atom is 0.348 e. The molecule has 0 atom stereocenters. The minimum Gasteiger partial charge on any atom is -0.451 e. The van der Waals surface area contributed by atoms with E-state index in [-0.39, 0.29) is 12.5 Å². The molecular formula is C20H20N4O3S. The normalized spacial score (nSPS) is 11.5. The van der Waals surface area contributed by atoms with E-state index < -0.39 is 5.97 Å². The third kappa shape index (κ3) is 3.43. The van der Waals surface area contributed by atoms with Crippen LogP contribution in [0.2, 0.25) is 0 Å². The first-order valence-electron chi connectivity index (χ1n) is 8.95. The predicted molar refractivity (Wildman–Crippen MR) is 106 cm³/mol. The Labute approximate surface area is 165 Å². The molecule has 4 rings (SSSR count). The summed E-state index contributed by atoms with van der Waals surface area (Å²) in [6, 6.07) is 9.83. The number of rotatable bonds is 5. The van der Waals surface area contributed by atoms with Gasteiger partial charge in [-0.15, -0.1) is 11.3 Å². The molecule has 0 aliphatic heterocycles. The Kier molecular flexibility index (Phi) is 4.72. The monoisotopic (exact) mass is 396 g/mol. The average Bonchev–Trinajstić information content (AvgIpc) is 3.38. The number of nitrogens with zero attached hydrogens (tertiary/aromatic N) is 4. The van der Waals surface area contributed by atoms with Gasteiger partial charge < -0.3 is 9.26 Å². The van der Waals surface area contributed by atoms with E-state index in [2.05, 4.69) is 29.1 Å². The Balaban J connectivity index is 1.43. The molecule has 144 valence electrons. The van der Waals surface area contributed by atoms with Crippen molar-refractivity contribution < 1.29 is 14.1 Å². The highest BCUT2D eigenvalue weighted by Crippen LogP contribution is 2.28. The molecule has 7 nitrogen and oxygen atoms in total. The average molecular weight is 396 g/mol. The highest BCUT2D eigenvalue weighted by molar-refractivity contribution is 7.20. The lowest BCUT2D eigenvalue weighted by Gasteiger charge is -2.04. The van der Waals surface area contributed by atoms with Crippen molar-refractivity contribution in [2.75, 3.05) is 0 Å². The Bertz CT molecular complexity index is 1100. The van der Waals surface area contributed by atoms with Crippen LogP contribution in [0.25, 0.3) is 21.6 Å². The smallest absolute Gasteiger partial charge is 0.348 e. The molecule has 0 N–H and O–H groups in total. The number of ether oxygens (including phenoxy) is 1. The van der Waals surface area contributed by atoms with Gasteiger partial charge in [0, 0.05) is 18.0 Å². The van der Waals surface area contributed by atoms with Crippen LogP contribution in [0.1, 0.15) is 46.6 Å². The molecule has 0 bridgehead atoms. The molecule has 0 saturated heterocycles. The second-order valence-corrected chi connectivity index (χ2v) is 7.93. The molecule has 3 heterocycles.